The summed E-state index contributed by atoms with van der Waals surface area (Å²) in [5, 5.41) is 14.0. The van der Waals surface area contributed by atoms with Crippen LogP contribution in [0.3, 0.4) is 0 Å². The molecule has 0 aromatic rings. The van der Waals surface area contributed by atoms with Crippen molar-refractivity contribution in [2.75, 3.05) is 20.6 Å². The summed E-state index contributed by atoms with van der Waals surface area (Å²) in [6, 6.07) is 0.586. The van der Waals surface area contributed by atoms with Crippen molar-refractivity contribution in [3.05, 3.63) is 0 Å². The molecule has 3 nitrogen and oxygen atoms in total. The third kappa shape index (κ3) is 9.70. The highest BCUT2D eigenvalue weighted by atomic mass is 16.5. The number of hydroxylamine groups is 2. The molecule has 0 spiro atoms. The Kier molecular flexibility index (Phi) is 11.8. The molecule has 0 atom stereocenters. The van der Waals surface area contributed by atoms with E-state index in [1.165, 1.54) is 95.1 Å². The van der Waals surface area contributed by atoms with Crippen molar-refractivity contribution in [1.29, 1.82) is 0 Å². The van der Waals surface area contributed by atoms with E-state index in [9.17, 15) is 5.21 Å². The van der Waals surface area contributed by atoms with E-state index >= 15 is 0 Å². The average Bonchev–Trinajstić information content (AvgIpc) is 2.63. The maximum atomic E-state index is 12.6. The van der Waals surface area contributed by atoms with Crippen LogP contribution in [0.2, 0.25) is 0 Å². The monoisotopic (exact) mass is 410 g/mol. The van der Waals surface area contributed by atoms with Gasteiger partial charge in [-0.15, -0.1) is 10.3 Å². The normalized spacial score (nSPS) is 20.3. The molecule has 0 amide bonds. The molecular weight excluding hydrogens is 356 g/mol. The molecule has 29 heavy (non-hydrogen) atoms. The highest BCUT2D eigenvalue weighted by Crippen LogP contribution is 2.40. The number of piperidine rings is 1. The molecule has 173 valence electrons. The van der Waals surface area contributed by atoms with E-state index in [2.05, 4.69) is 48.7 Å². The number of unbranched alkanes of at least 4 members (excludes halogenated alkanes) is 12. The first kappa shape index (κ1) is 26.9. The zero-order chi connectivity index (χ0) is 22.0. The minimum absolute atomic E-state index is 0.252. The molecule has 0 aromatic carbocycles. The number of hydrogen-bond acceptors (Lipinski definition) is 1. The predicted octanol–water partition coefficient (Wildman–Crippen LogP) is 7.52. The van der Waals surface area contributed by atoms with E-state index < -0.39 is 0 Å². The van der Waals surface area contributed by atoms with Gasteiger partial charge in [0.05, 0.1) is 26.7 Å². The average molecular weight is 411 g/mol. The van der Waals surface area contributed by atoms with Crippen LogP contribution in [-0.2, 0) is 5.21 Å². The van der Waals surface area contributed by atoms with Crippen molar-refractivity contribution in [2.45, 2.75) is 148 Å². The van der Waals surface area contributed by atoms with Gasteiger partial charge in [0.15, 0.2) is 0 Å². The maximum Gasteiger partial charge on any atom is 0.0923 e. The standard InChI is InChI=1S/C26H54N2O/c1-8-9-10-11-12-13-14-15-16-17-18-19-20-21-28(6,7)24-22-25(2,3)27(29)26(4,5)23-24/h24H,8-23H2,1-7H3/q+1. The number of nitrogens with zero attached hydrogens (tertiary/aromatic N) is 2. The smallest absolute Gasteiger partial charge is 0.0923 e. The number of quaternary nitrogens is 1. The molecule has 1 aliphatic heterocycles. The van der Waals surface area contributed by atoms with Gasteiger partial charge in [0, 0.05) is 23.9 Å². The second-order valence-corrected chi connectivity index (χ2v) is 11.7. The Labute approximate surface area is 183 Å². The Morgan fingerprint density at radius 2 is 1.03 bits per heavy atom. The van der Waals surface area contributed by atoms with E-state index in [0.29, 0.717) is 6.04 Å². The van der Waals surface area contributed by atoms with E-state index in [4.69, 9.17) is 0 Å². The van der Waals surface area contributed by atoms with Gasteiger partial charge in [-0.3, -0.25) is 0 Å². The summed E-state index contributed by atoms with van der Waals surface area (Å²) in [7, 11) is 4.77. The van der Waals surface area contributed by atoms with E-state index in [0.717, 1.165) is 17.3 Å². The minimum atomic E-state index is -0.252. The van der Waals surface area contributed by atoms with E-state index in [1.54, 1.807) is 0 Å². The molecule has 0 aromatic heterocycles. The molecule has 1 rings (SSSR count). The lowest BCUT2D eigenvalue weighted by molar-refractivity contribution is -0.918. The molecule has 0 bridgehead atoms. The summed E-state index contributed by atoms with van der Waals surface area (Å²) in [5.41, 5.74) is -0.504. The number of rotatable bonds is 15. The summed E-state index contributed by atoms with van der Waals surface area (Å²) in [4.78, 5) is 0. The molecule has 3 heteroatoms. The molecule has 1 heterocycles. The molecule has 1 fully saturated rings. The van der Waals surface area contributed by atoms with Gasteiger partial charge >= 0.3 is 0 Å². The van der Waals surface area contributed by atoms with Crippen molar-refractivity contribution < 1.29 is 9.69 Å². The second-order valence-electron chi connectivity index (χ2n) is 11.7. The molecule has 0 aliphatic carbocycles. The third-order valence-electron chi connectivity index (χ3n) is 7.40. The first-order valence-corrected chi connectivity index (χ1v) is 12.8. The van der Waals surface area contributed by atoms with E-state index in [-0.39, 0.29) is 11.1 Å². The molecule has 1 radical (unpaired) electrons. The fourth-order valence-corrected chi connectivity index (χ4v) is 5.42. The van der Waals surface area contributed by atoms with Crippen LogP contribution in [0.4, 0.5) is 0 Å². The second kappa shape index (κ2) is 12.7. The van der Waals surface area contributed by atoms with Crippen molar-refractivity contribution in [3.8, 4) is 0 Å². The van der Waals surface area contributed by atoms with Crippen molar-refractivity contribution in [2.24, 2.45) is 0 Å². The van der Waals surface area contributed by atoms with E-state index in [1.807, 2.05) is 0 Å². The van der Waals surface area contributed by atoms with Gasteiger partial charge in [-0.2, -0.15) is 0 Å². The highest BCUT2D eigenvalue weighted by Gasteiger charge is 2.50. The summed E-state index contributed by atoms with van der Waals surface area (Å²) in [6.45, 7) is 12.0. The fraction of sp³-hybridized carbons (Fsp3) is 1.00. The SMILES string of the molecule is CCCCCCCCCCCCCCC[N+](C)(C)C1CC(C)(C)N([O])C(C)(C)C1. The van der Waals surface area contributed by atoms with Gasteiger partial charge in [0.2, 0.25) is 0 Å². The van der Waals surface area contributed by atoms with Crippen LogP contribution in [-0.4, -0.2) is 47.3 Å². The van der Waals surface area contributed by atoms with Gasteiger partial charge in [0.1, 0.15) is 0 Å². The highest BCUT2D eigenvalue weighted by molar-refractivity contribution is 4.96. The largest absolute Gasteiger partial charge is 0.326 e. The summed E-state index contributed by atoms with van der Waals surface area (Å²) < 4.78 is 1.07. The first-order chi connectivity index (χ1) is 13.5. The van der Waals surface area contributed by atoms with Crippen LogP contribution in [0.5, 0.6) is 0 Å². The van der Waals surface area contributed by atoms with Crippen LogP contribution in [0.25, 0.3) is 0 Å². The van der Waals surface area contributed by atoms with Crippen LogP contribution in [0.15, 0.2) is 0 Å². The van der Waals surface area contributed by atoms with Gasteiger partial charge in [-0.25, -0.2) is 0 Å². The van der Waals surface area contributed by atoms with Crippen molar-refractivity contribution in [1.82, 2.24) is 5.06 Å². The number of hydrogen-bond donors (Lipinski definition) is 0. The van der Waals surface area contributed by atoms with Crippen molar-refractivity contribution >= 4 is 0 Å². The van der Waals surface area contributed by atoms with Gasteiger partial charge in [-0.05, 0) is 40.5 Å². The molecule has 0 saturated carbocycles. The van der Waals surface area contributed by atoms with Crippen LogP contribution < -0.4 is 0 Å². The summed E-state index contributed by atoms with van der Waals surface area (Å²) in [6.07, 6.45) is 20.4. The minimum Gasteiger partial charge on any atom is -0.326 e. The lowest BCUT2D eigenvalue weighted by Crippen LogP contribution is -2.65. The van der Waals surface area contributed by atoms with Crippen molar-refractivity contribution in [3.63, 3.8) is 0 Å². The van der Waals surface area contributed by atoms with Crippen LogP contribution in [0, 0.1) is 0 Å². The lowest BCUT2D eigenvalue weighted by Gasteiger charge is -2.53. The Bertz CT molecular complexity index is 412. The maximum absolute atomic E-state index is 12.6. The lowest BCUT2D eigenvalue weighted by atomic mass is 9.77. The van der Waals surface area contributed by atoms with Gasteiger partial charge in [-0.1, -0.05) is 77.6 Å². The fourth-order valence-electron chi connectivity index (χ4n) is 5.42. The Morgan fingerprint density at radius 3 is 1.41 bits per heavy atom. The predicted molar refractivity (Wildman–Crippen MR) is 126 cm³/mol. The zero-order valence-corrected chi connectivity index (χ0v) is 21.2. The zero-order valence-electron chi connectivity index (χ0n) is 21.2. The Morgan fingerprint density at radius 1 is 0.690 bits per heavy atom. The topological polar surface area (TPSA) is 23.1 Å². The van der Waals surface area contributed by atoms with Gasteiger partial charge < -0.3 is 4.48 Å². The summed E-state index contributed by atoms with van der Waals surface area (Å²) >= 11 is 0. The molecular formula is C26H54N2O+. The molecule has 1 saturated heterocycles. The Hall–Kier alpha value is -0.120. The van der Waals surface area contributed by atoms with Gasteiger partial charge in [0.25, 0.3) is 0 Å². The third-order valence-corrected chi connectivity index (χ3v) is 7.40. The molecule has 1 aliphatic rings. The quantitative estimate of drug-likeness (QED) is 0.202. The molecule has 0 N–H and O–H groups in total. The van der Waals surface area contributed by atoms with Crippen LogP contribution >= 0.6 is 0 Å². The summed E-state index contributed by atoms with van der Waals surface area (Å²) in [5.74, 6) is 0. The Balaban J connectivity index is 2.13. The molecule has 0 unspecified atom stereocenters. The first-order valence-electron chi connectivity index (χ1n) is 12.8. The van der Waals surface area contributed by atoms with Crippen LogP contribution in [0.1, 0.15) is 131 Å².